The number of aryl methyl sites for hydroxylation is 1. The van der Waals surface area contributed by atoms with Crippen LogP contribution in [0.4, 0.5) is 5.82 Å². The first-order valence-corrected chi connectivity index (χ1v) is 3.73. The SMILES string of the molecule is Cn1ccc(N)nc1=NCCN. The van der Waals surface area contributed by atoms with Gasteiger partial charge in [-0.05, 0) is 6.07 Å². The highest BCUT2D eigenvalue weighted by Crippen LogP contribution is 1.86. The van der Waals surface area contributed by atoms with Crippen molar-refractivity contribution in [3.05, 3.63) is 17.9 Å². The van der Waals surface area contributed by atoms with Crippen molar-refractivity contribution in [1.82, 2.24) is 9.55 Å². The summed E-state index contributed by atoms with van der Waals surface area (Å²) in [4.78, 5) is 8.16. The number of rotatable bonds is 2. The number of hydrogen-bond donors (Lipinski definition) is 2. The van der Waals surface area contributed by atoms with Gasteiger partial charge in [0, 0.05) is 19.8 Å². The van der Waals surface area contributed by atoms with Gasteiger partial charge >= 0.3 is 0 Å². The van der Waals surface area contributed by atoms with Crippen LogP contribution in [0, 0.1) is 0 Å². The molecule has 66 valence electrons. The van der Waals surface area contributed by atoms with Gasteiger partial charge in [0.25, 0.3) is 0 Å². The van der Waals surface area contributed by atoms with Crippen LogP contribution in [0.2, 0.25) is 0 Å². The number of anilines is 1. The van der Waals surface area contributed by atoms with Crippen LogP contribution in [0.1, 0.15) is 0 Å². The van der Waals surface area contributed by atoms with Crippen molar-refractivity contribution in [2.75, 3.05) is 18.8 Å². The predicted molar refractivity (Wildman–Crippen MR) is 47.1 cm³/mol. The van der Waals surface area contributed by atoms with E-state index in [1.165, 1.54) is 0 Å². The van der Waals surface area contributed by atoms with E-state index >= 15 is 0 Å². The fraction of sp³-hybridized carbons (Fsp3) is 0.429. The zero-order valence-corrected chi connectivity index (χ0v) is 7.07. The number of nitrogen functional groups attached to an aromatic ring is 1. The Balaban J connectivity index is 3.05. The van der Waals surface area contributed by atoms with Crippen LogP contribution in [-0.2, 0) is 7.05 Å². The zero-order chi connectivity index (χ0) is 8.97. The van der Waals surface area contributed by atoms with Crippen LogP contribution in [0.15, 0.2) is 17.3 Å². The number of nitrogens with two attached hydrogens (primary N) is 2. The Labute approximate surface area is 70.8 Å². The molecule has 0 spiro atoms. The van der Waals surface area contributed by atoms with E-state index in [2.05, 4.69) is 9.98 Å². The lowest BCUT2D eigenvalue weighted by molar-refractivity contribution is 0.753. The second-order valence-electron chi connectivity index (χ2n) is 2.43. The second kappa shape index (κ2) is 3.87. The normalized spacial score (nSPS) is 12.0. The summed E-state index contributed by atoms with van der Waals surface area (Å²) < 4.78 is 1.80. The third kappa shape index (κ3) is 2.06. The van der Waals surface area contributed by atoms with Crippen molar-refractivity contribution in [2.45, 2.75) is 0 Å². The molecule has 5 heteroatoms. The Morgan fingerprint density at radius 3 is 3.08 bits per heavy atom. The van der Waals surface area contributed by atoms with Crippen LogP contribution < -0.4 is 17.1 Å². The highest BCUT2D eigenvalue weighted by Gasteiger charge is 1.89. The van der Waals surface area contributed by atoms with Gasteiger partial charge in [-0.2, -0.15) is 4.98 Å². The van der Waals surface area contributed by atoms with Gasteiger partial charge < -0.3 is 16.0 Å². The van der Waals surface area contributed by atoms with Crippen LogP contribution >= 0.6 is 0 Å². The van der Waals surface area contributed by atoms with Crippen LogP contribution in [-0.4, -0.2) is 22.6 Å². The Morgan fingerprint density at radius 2 is 2.42 bits per heavy atom. The van der Waals surface area contributed by atoms with Gasteiger partial charge in [0.1, 0.15) is 5.82 Å². The molecule has 0 aliphatic heterocycles. The zero-order valence-electron chi connectivity index (χ0n) is 7.07. The van der Waals surface area contributed by atoms with Crippen molar-refractivity contribution in [3.63, 3.8) is 0 Å². The van der Waals surface area contributed by atoms with E-state index in [0.717, 1.165) is 0 Å². The monoisotopic (exact) mass is 167 g/mol. The molecule has 0 aromatic carbocycles. The topological polar surface area (TPSA) is 82.2 Å². The summed E-state index contributed by atoms with van der Waals surface area (Å²) in [5.74, 6) is 0.476. The van der Waals surface area contributed by atoms with Crippen LogP contribution in [0.3, 0.4) is 0 Å². The lowest BCUT2D eigenvalue weighted by Crippen LogP contribution is -2.23. The summed E-state index contributed by atoms with van der Waals surface area (Å²) >= 11 is 0. The molecule has 0 bridgehead atoms. The van der Waals surface area contributed by atoms with E-state index in [0.29, 0.717) is 24.5 Å². The summed E-state index contributed by atoms with van der Waals surface area (Å²) in [5, 5.41) is 0. The fourth-order valence-corrected chi connectivity index (χ4v) is 0.798. The van der Waals surface area contributed by atoms with Gasteiger partial charge in [0.15, 0.2) is 0 Å². The Bertz CT molecular complexity index is 314. The average Bonchev–Trinajstić information content (AvgIpc) is 2.07. The molecule has 5 nitrogen and oxygen atoms in total. The molecular weight excluding hydrogens is 154 g/mol. The van der Waals surface area contributed by atoms with E-state index in [4.69, 9.17) is 11.5 Å². The fourth-order valence-electron chi connectivity index (χ4n) is 0.798. The lowest BCUT2D eigenvalue weighted by Gasteiger charge is -1.98. The molecule has 4 N–H and O–H groups in total. The summed E-state index contributed by atoms with van der Waals surface area (Å²) in [6, 6.07) is 1.72. The van der Waals surface area contributed by atoms with Gasteiger partial charge in [-0.15, -0.1) is 0 Å². The molecule has 0 atom stereocenters. The van der Waals surface area contributed by atoms with E-state index in [1.54, 1.807) is 10.6 Å². The van der Waals surface area contributed by atoms with E-state index in [9.17, 15) is 0 Å². The largest absolute Gasteiger partial charge is 0.384 e. The van der Waals surface area contributed by atoms with Crippen molar-refractivity contribution in [2.24, 2.45) is 17.8 Å². The average molecular weight is 167 g/mol. The van der Waals surface area contributed by atoms with Crippen molar-refractivity contribution >= 4 is 5.82 Å². The van der Waals surface area contributed by atoms with Gasteiger partial charge in [-0.1, -0.05) is 0 Å². The second-order valence-corrected chi connectivity index (χ2v) is 2.43. The first-order chi connectivity index (χ1) is 5.74. The Hall–Kier alpha value is -1.36. The van der Waals surface area contributed by atoms with Crippen molar-refractivity contribution < 1.29 is 0 Å². The summed E-state index contributed by atoms with van der Waals surface area (Å²) in [7, 11) is 1.86. The summed E-state index contributed by atoms with van der Waals surface area (Å²) in [6.45, 7) is 1.10. The molecule has 12 heavy (non-hydrogen) atoms. The van der Waals surface area contributed by atoms with Crippen LogP contribution in [0.25, 0.3) is 0 Å². The molecule has 1 aromatic heterocycles. The molecule has 0 unspecified atom stereocenters. The molecule has 0 amide bonds. The third-order valence-electron chi connectivity index (χ3n) is 1.40. The molecule has 1 heterocycles. The molecule has 0 saturated carbocycles. The highest BCUT2D eigenvalue weighted by molar-refractivity contribution is 5.23. The van der Waals surface area contributed by atoms with Crippen molar-refractivity contribution in [3.8, 4) is 0 Å². The van der Waals surface area contributed by atoms with Gasteiger partial charge in [0.2, 0.25) is 5.62 Å². The Kier molecular flexibility index (Phi) is 2.82. The molecule has 0 saturated heterocycles. The lowest BCUT2D eigenvalue weighted by atomic mass is 10.6. The number of aromatic nitrogens is 2. The molecule has 0 aliphatic rings. The van der Waals surface area contributed by atoms with Crippen molar-refractivity contribution in [1.29, 1.82) is 0 Å². The first-order valence-electron chi connectivity index (χ1n) is 3.73. The summed E-state index contributed by atoms with van der Waals surface area (Å²) in [5.41, 5.74) is 11.4. The molecular formula is C7H13N5. The minimum Gasteiger partial charge on any atom is -0.384 e. The van der Waals surface area contributed by atoms with Gasteiger partial charge in [0.05, 0.1) is 6.54 Å². The van der Waals surface area contributed by atoms with Crippen LogP contribution in [0.5, 0.6) is 0 Å². The maximum Gasteiger partial charge on any atom is 0.226 e. The van der Waals surface area contributed by atoms with E-state index < -0.39 is 0 Å². The minimum absolute atomic E-state index is 0.476. The maximum atomic E-state index is 5.48. The molecule has 1 rings (SSSR count). The minimum atomic E-state index is 0.476. The van der Waals surface area contributed by atoms with Gasteiger partial charge in [-0.3, -0.25) is 0 Å². The summed E-state index contributed by atoms with van der Waals surface area (Å²) in [6.07, 6.45) is 1.82. The predicted octanol–water partition coefficient (Wildman–Crippen LogP) is -1.14. The first kappa shape index (κ1) is 8.73. The molecule has 0 fully saturated rings. The highest BCUT2D eigenvalue weighted by atomic mass is 15.1. The molecule has 0 aliphatic carbocycles. The van der Waals surface area contributed by atoms with E-state index in [1.807, 2.05) is 13.2 Å². The quantitative estimate of drug-likeness (QED) is 0.584. The third-order valence-corrected chi connectivity index (χ3v) is 1.40. The maximum absolute atomic E-state index is 5.48. The van der Waals surface area contributed by atoms with Gasteiger partial charge in [-0.25, -0.2) is 4.99 Å². The molecule has 0 radical (unpaired) electrons. The smallest absolute Gasteiger partial charge is 0.226 e. The Morgan fingerprint density at radius 1 is 1.67 bits per heavy atom. The molecule has 1 aromatic rings. The number of nitrogens with zero attached hydrogens (tertiary/aromatic N) is 3. The van der Waals surface area contributed by atoms with E-state index in [-0.39, 0.29) is 0 Å². The number of hydrogen-bond acceptors (Lipinski definition) is 4. The standard InChI is InChI=1S/C7H13N5/c1-12-5-2-6(9)11-7(12)10-4-3-8/h2,5H,3-4,8H2,1H3,(H2,9,10,11).